The fourth-order valence-electron chi connectivity index (χ4n) is 2.56. The molecule has 3 rings (SSSR count). The molecule has 140 valence electrons. The van der Waals surface area contributed by atoms with Crippen molar-refractivity contribution in [3.8, 4) is 0 Å². The number of anilines is 1. The molecular formula is C17H17FN6O3. The fourth-order valence-corrected chi connectivity index (χ4v) is 2.56. The van der Waals surface area contributed by atoms with Crippen molar-refractivity contribution in [2.24, 2.45) is 0 Å². The molecule has 2 aromatic heterocycles. The van der Waals surface area contributed by atoms with Crippen LogP contribution < -0.4 is 5.32 Å². The molecule has 10 heteroatoms. The molecule has 1 amide bonds. The SMILES string of the molecule is CCn1cc([N+](=O)[O-])c(C(=O)Nc2cc(C)n(Cc3ccccc3F)n2)n1. The lowest BCUT2D eigenvalue weighted by Gasteiger charge is -2.05. The van der Waals surface area contributed by atoms with Crippen LogP contribution >= 0.6 is 0 Å². The minimum atomic E-state index is -0.732. The van der Waals surface area contributed by atoms with Crippen LogP contribution in [0.4, 0.5) is 15.9 Å². The lowest BCUT2D eigenvalue weighted by molar-refractivity contribution is -0.385. The third kappa shape index (κ3) is 3.84. The van der Waals surface area contributed by atoms with Gasteiger partial charge in [0.25, 0.3) is 5.91 Å². The zero-order valence-corrected chi connectivity index (χ0v) is 14.7. The topological polar surface area (TPSA) is 108 Å². The molecule has 0 fully saturated rings. The number of hydrogen-bond acceptors (Lipinski definition) is 5. The van der Waals surface area contributed by atoms with Crippen LogP contribution in [0.15, 0.2) is 36.5 Å². The first-order valence-electron chi connectivity index (χ1n) is 8.20. The van der Waals surface area contributed by atoms with Crippen LogP contribution in [0, 0.1) is 22.9 Å². The highest BCUT2D eigenvalue weighted by Crippen LogP contribution is 2.19. The van der Waals surface area contributed by atoms with E-state index < -0.39 is 10.8 Å². The van der Waals surface area contributed by atoms with Gasteiger partial charge in [0.15, 0.2) is 5.82 Å². The maximum Gasteiger partial charge on any atom is 0.320 e. The monoisotopic (exact) mass is 372 g/mol. The predicted octanol–water partition coefficient (Wildman–Crippen LogP) is 2.76. The summed E-state index contributed by atoms with van der Waals surface area (Å²) in [6.45, 7) is 4.10. The molecule has 1 aromatic carbocycles. The van der Waals surface area contributed by atoms with Crippen LogP contribution in [0.2, 0.25) is 0 Å². The first-order chi connectivity index (χ1) is 12.9. The summed E-state index contributed by atoms with van der Waals surface area (Å²) in [6.07, 6.45) is 1.21. The van der Waals surface area contributed by atoms with Crippen LogP contribution in [0.1, 0.15) is 28.7 Å². The van der Waals surface area contributed by atoms with Crippen molar-refractivity contribution in [1.82, 2.24) is 19.6 Å². The molecule has 1 N–H and O–H groups in total. The summed E-state index contributed by atoms with van der Waals surface area (Å²) in [7, 11) is 0. The summed E-state index contributed by atoms with van der Waals surface area (Å²) in [5, 5.41) is 21.8. The quantitative estimate of drug-likeness (QED) is 0.529. The lowest BCUT2D eigenvalue weighted by atomic mass is 10.2. The number of rotatable bonds is 6. The first-order valence-corrected chi connectivity index (χ1v) is 8.20. The molecule has 0 bridgehead atoms. The van der Waals surface area contributed by atoms with Gasteiger partial charge in [-0.3, -0.25) is 24.3 Å². The molecule has 27 heavy (non-hydrogen) atoms. The third-order valence-electron chi connectivity index (χ3n) is 3.98. The number of carbonyl (C=O) groups is 1. The smallest absolute Gasteiger partial charge is 0.303 e. The zero-order chi connectivity index (χ0) is 19.6. The van der Waals surface area contributed by atoms with E-state index in [9.17, 15) is 19.3 Å². The van der Waals surface area contributed by atoms with Crippen molar-refractivity contribution in [3.63, 3.8) is 0 Å². The number of benzene rings is 1. The summed E-state index contributed by atoms with van der Waals surface area (Å²) in [5.41, 5.74) is 0.487. The second-order valence-corrected chi connectivity index (χ2v) is 5.85. The van der Waals surface area contributed by atoms with Gasteiger partial charge >= 0.3 is 5.69 Å². The van der Waals surface area contributed by atoms with Gasteiger partial charge in [-0.05, 0) is 19.9 Å². The number of hydrogen-bond donors (Lipinski definition) is 1. The molecule has 0 aliphatic heterocycles. The molecule has 2 heterocycles. The van der Waals surface area contributed by atoms with Crippen molar-refractivity contribution < 1.29 is 14.1 Å². The van der Waals surface area contributed by atoms with Crippen molar-refractivity contribution in [2.75, 3.05) is 5.32 Å². The number of carbonyl (C=O) groups excluding carboxylic acids is 1. The molecule has 0 unspecified atom stereocenters. The first kappa shape index (κ1) is 18.2. The lowest BCUT2D eigenvalue weighted by Crippen LogP contribution is -2.15. The van der Waals surface area contributed by atoms with Crippen molar-refractivity contribution in [2.45, 2.75) is 26.9 Å². The number of aryl methyl sites for hydroxylation is 2. The summed E-state index contributed by atoms with van der Waals surface area (Å²) in [6, 6.07) is 7.93. The molecule has 9 nitrogen and oxygen atoms in total. The Hall–Kier alpha value is -3.56. The van der Waals surface area contributed by atoms with Gasteiger partial charge in [-0.15, -0.1) is 0 Å². The second-order valence-electron chi connectivity index (χ2n) is 5.85. The van der Waals surface area contributed by atoms with Crippen molar-refractivity contribution in [3.05, 3.63) is 69.4 Å². The van der Waals surface area contributed by atoms with Gasteiger partial charge in [0.05, 0.1) is 11.5 Å². The number of nitro groups is 1. The summed E-state index contributed by atoms with van der Waals surface area (Å²) in [4.78, 5) is 22.9. The number of aromatic nitrogens is 4. The Bertz CT molecular complexity index is 1010. The highest BCUT2D eigenvalue weighted by Gasteiger charge is 2.26. The maximum absolute atomic E-state index is 13.8. The minimum Gasteiger partial charge on any atom is -0.303 e. The third-order valence-corrected chi connectivity index (χ3v) is 3.98. The Morgan fingerprint density at radius 3 is 2.74 bits per heavy atom. The zero-order valence-electron chi connectivity index (χ0n) is 14.7. The summed E-state index contributed by atoms with van der Waals surface area (Å²) < 4.78 is 16.7. The van der Waals surface area contributed by atoms with E-state index in [0.29, 0.717) is 17.8 Å². The molecule has 0 aliphatic carbocycles. The van der Waals surface area contributed by atoms with Gasteiger partial charge in [-0.1, -0.05) is 18.2 Å². The Kier molecular flexibility index (Phi) is 4.97. The predicted molar refractivity (Wildman–Crippen MR) is 95.0 cm³/mol. The molecule has 0 radical (unpaired) electrons. The van der Waals surface area contributed by atoms with E-state index in [4.69, 9.17) is 0 Å². The fraction of sp³-hybridized carbons (Fsp3) is 0.235. The highest BCUT2D eigenvalue weighted by molar-refractivity contribution is 6.05. The van der Waals surface area contributed by atoms with E-state index in [2.05, 4.69) is 15.5 Å². The molecule has 0 spiro atoms. The van der Waals surface area contributed by atoms with E-state index in [0.717, 1.165) is 0 Å². The molecule has 3 aromatic rings. The van der Waals surface area contributed by atoms with Gasteiger partial charge in [-0.25, -0.2) is 4.39 Å². The van der Waals surface area contributed by atoms with Crippen LogP contribution in [0.25, 0.3) is 0 Å². The van der Waals surface area contributed by atoms with Crippen LogP contribution in [-0.4, -0.2) is 30.4 Å². The van der Waals surface area contributed by atoms with Gasteiger partial charge in [0.1, 0.15) is 12.0 Å². The van der Waals surface area contributed by atoms with E-state index in [1.165, 1.54) is 21.6 Å². The molecule has 0 saturated heterocycles. The molecule has 0 atom stereocenters. The van der Waals surface area contributed by atoms with Crippen LogP contribution in [0.3, 0.4) is 0 Å². The number of nitrogens with one attached hydrogen (secondary N) is 1. The largest absolute Gasteiger partial charge is 0.320 e. The molecule has 0 aliphatic rings. The number of amides is 1. The Morgan fingerprint density at radius 2 is 2.07 bits per heavy atom. The highest BCUT2D eigenvalue weighted by atomic mass is 19.1. The maximum atomic E-state index is 13.8. The normalized spacial score (nSPS) is 10.8. The van der Waals surface area contributed by atoms with Gasteiger partial charge in [0, 0.05) is 23.9 Å². The Balaban J connectivity index is 1.81. The summed E-state index contributed by atoms with van der Waals surface area (Å²) >= 11 is 0. The van der Waals surface area contributed by atoms with Gasteiger partial charge < -0.3 is 5.32 Å². The van der Waals surface area contributed by atoms with Crippen molar-refractivity contribution >= 4 is 17.4 Å². The average Bonchev–Trinajstić information content (AvgIpc) is 3.21. The Morgan fingerprint density at radius 1 is 1.33 bits per heavy atom. The van der Waals surface area contributed by atoms with Crippen LogP contribution in [-0.2, 0) is 13.1 Å². The standard InChI is InChI=1S/C17H17FN6O3/c1-3-22-10-14(24(26)27)16(21-22)17(25)19-15-8-11(2)23(20-15)9-12-6-4-5-7-13(12)18/h4-8,10H,3,9H2,1-2H3,(H,19,20,25). The molecule has 0 saturated carbocycles. The minimum absolute atomic E-state index is 0.193. The van der Waals surface area contributed by atoms with Crippen molar-refractivity contribution in [1.29, 1.82) is 0 Å². The van der Waals surface area contributed by atoms with E-state index in [-0.39, 0.29) is 29.6 Å². The summed E-state index contributed by atoms with van der Waals surface area (Å²) in [5.74, 6) is -0.877. The van der Waals surface area contributed by atoms with E-state index >= 15 is 0 Å². The van der Waals surface area contributed by atoms with Gasteiger partial charge in [0.2, 0.25) is 5.69 Å². The average molecular weight is 372 g/mol. The second kappa shape index (κ2) is 7.36. The van der Waals surface area contributed by atoms with Gasteiger partial charge in [-0.2, -0.15) is 10.2 Å². The molecular weight excluding hydrogens is 355 g/mol. The van der Waals surface area contributed by atoms with E-state index in [1.807, 2.05) is 0 Å². The number of halogens is 1. The Labute approximate surface area is 153 Å². The van der Waals surface area contributed by atoms with E-state index in [1.54, 1.807) is 38.1 Å². The van der Waals surface area contributed by atoms with Crippen LogP contribution in [0.5, 0.6) is 0 Å². The number of nitrogens with zero attached hydrogens (tertiary/aromatic N) is 5.